The maximum atomic E-state index is 10.4. The van der Waals surface area contributed by atoms with Crippen LogP contribution in [0.4, 0.5) is 0 Å². The molecule has 0 radical (unpaired) electrons. The van der Waals surface area contributed by atoms with Gasteiger partial charge in [0.1, 0.15) is 0 Å². The molecule has 0 aliphatic heterocycles. The van der Waals surface area contributed by atoms with Gasteiger partial charge in [-0.25, -0.2) is 4.98 Å². The second kappa shape index (κ2) is 5.93. The monoisotopic (exact) mass is 308 g/mol. The largest absolute Gasteiger partial charge is 0.384 e. The first kappa shape index (κ1) is 14.2. The third kappa shape index (κ3) is 3.11. The molecule has 0 saturated heterocycles. The Kier molecular flexibility index (Phi) is 4.21. The quantitative estimate of drug-likeness (QED) is 0.859. The van der Waals surface area contributed by atoms with E-state index in [1.54, 1.807) is 11.3 Å². The zero-order valence-corrected chi connectivity index (χ0v) is 13.3. The van der Waals surface area contributed by atoms with Crippen molar-refractivity contribution < 1.29 is 5.11 Å². The Bertz CT molecular complexity index is 544. The standard InChI is InChI=1S/C15H20N2OS2/c1-15(18,12-5-6-19-9-12)10-16-7-13-8-17-14(20-13)11-3-2-4-11/h5-6,8-9,11,16,18H,2-4,7,10H2,1H3. The van der Waals surface area contributed by atoms with Crippen molar-refractivity contribution in [2.24, 2.45) is 0 Å². The van der Waals surface area contributed by atoms with Crippen molar-refractivity contribution in [3.63, 3.8) is 0 Å². The number of hydrogen-bond donors (Lipinski definition) is 2. The Morgan fingerprint density at radius 3 is 3.00 bits per heavy atom. The van der Waals surface area contributed by atoms with Gasteiger partial charge in [-0.05, 0) is 42.2 Å². The van der Waals surface area contributed by atoms with Gasteiger partial charge in [0, 0.05) is 30.1 Å². The number of nitrogens with one attached hydrogen (secondary N) is 1. The average molecular weight is 308 g/mol. The molecule has 1 unspecified atom stereocenters. The van der Waals surface area contributed by atoms with Crippen LogP contribution in [-0.4, -0.2) is 16.6 Å². The van der Waals surface area contributed by atoms with Crippen LogP contribution < -0.4 is 5.32 Å². The summed E-state index contributed by atoms with van der Waals surface area (Å²) in [6, 6.07) is 1.98. The second-order valence-corrected chi connectivity index (χ2v) is 7.61. The second-order valence-electron chi connectivity index (χ2n) is 5.68. The molecule has 1 aliphatic carbocycles. The number of nitrogens with zero attached hydrogens (tertiary/aromatic N) is 1. The fraction of sp³-hybridized carbons (Fsp3) is 0.533. The van der Waals surface area contributed by atoms with Gasteiger partial charge in [0.15, 0.2) is 0 Å². The number of rotatable bonds is 6. The predicted octanol–water partition coefficient (Wildman–Crippen LogP) is 3.47. The smallest absolute Gasteiger partial charge is 0.1000 e. The summed E-state index contributed by atoms with van der Waals surface area (Å²) >= 11 is 3.43. The molecule has 0 spiro atoms. The third-order valence-corrected chi connectivity index (χ3v) is 5.78. The van der Waals surface area contributed by atoms with Crippen LogP contribution in [0.3, 0.4) is 0 Å². The van der Waals surface area contributed by atoms with Gasteiger partial charge < -0.3 is 10.4 Å². The van der Waals surface area contributed by atoms with Gasteiger partial charge in [0.05, 0.1) is 10.6 Å². The minimum atomic E-state index is -0.804. The molecule has 20 heavy (non-hydrogen) atoms. The van der Waals surface area contributed by atoms with Gasteiger partial charge >= 0.3 is 0 Å². The van der Waals surface area contributed by atoms with Crippen molar-refractivity contribution in [3.05, 3.63) is 38.5 Å². The van der Waals surface area contributed by atoms with Crippen molar-refractivity contribution in [1.82, 2.24) is 10.3 Å². The van der Waals surface area contributed by atoms with Gasteiger partial charge in [0.2, 0.25) is 0 Å². The van der Waals surface area contributed by atoms with E-state index in [2.05, 4.69) is 10.3 Å². The van der Waals surface area contributed by atoms with E-state index in [1.165, 1.54) is 29.1 Å². The first-order valence-corrected chi connectivity index (χ1v) is 8.81. The van der Waals surface area contributed by atoms with Crippen LogP contribution in [0.25, 0.3) is 0 Å². The lowest BCUT2D eigenvalue weighted by molar-refractivity contribution is 0.0572. The minimum absolute atomic E-state index is 0.556. The molecule has 0 bridgehead atoms. The fourth-order valence-corrected chi connectivity index (χ4v) is 4.19. The molecule has 3 nitrogen and oxygen atoms in total. The molecule has 3 rings (SSSR count). The van der Waals surface area contributed by atoms with E-state index in [0.717, 1.165) is 12.1 Å². The van der Waals surface area contributed by atoms with Crippen LogP contribution in [0.5, 0.6) is 0 Å². The summed E-state index contributed by atoms with van der Waals surface area (Å²) in [5.41, 5.74) is 0.177. The SMILES string of the molecule is CC(O)(CNCc1cnc(C2CCC2)s1)c1ccsc1. The summed E-state index contributed by atoms with van der Waals surface area (Å²) in [6.45, 7) is 3.19. The summed E-state index contributed by atoms with van der Waals surface area (Å²) in [6.07, 6.45) is 5.92. The molecule has 5 heteroatoms. The molecule has 2 heterocycles. The van der Waals surface area contributed by atoms with E-state index in [4.69, 9.17) is 0 Å². The molecule has 1 fully saturated rings. The summed E-state index contributed by atoms with van der Waals surface area (Å²) in [7, 11) is 0. The number of hydrogen-bond acceptors (Lipinski definition) is 5. The molecule has 1 aliphatic rings. The molecule has 108 valence electrons. The average Bonchev–Trinajstić information content (AvgIpc) is 2.97. The van der Waals surface area contributed by atoms with E-state index in [1.807, 2.05) is 41.3 Å². The summed E-state index contributed by atoms with van der Waals surface area (Å²) in [4.78, 5) is 5.78. The number of thiazole rings is 1. The molecule has 0 aromatic carbocycles. The lowest BCUT2D eigenvalue weighted by Crippen LogP contribution is -2.34. The Labute approximate surface area is 127 Å². The van der Waals surface area contributed by atoms with E-state index in [9.17, 15) is 5.11 Å². The highest BCUT2D eigenvalue weighted by Crippen LogP contribution is 2.38. The van der Waals surface area contributed by atoms with Gasteiger partial charge in [-0.1, -0.05) is 6.42 Å². The lowest BCUT2D eigenvalue weighted by atomic mass is 9.86. The Balaban J connectivity index is 1.51. The fourth-order valence-electron chi connectivity index (χ4n) is 2.35. The van der Waals surface area contributed by atoms with E-state index < -0.39 is 5.60 Å². The summed E-state index contributed by atoms with van der Waals surface area (Å²) in [5.74, 6) is 0.711. The first-order chi connectivity index (χ1) is 9.65. The highest BCUT2D eigenvalue weighted by molar-refractivity contribution is 7.11. The predicted molar refractivity (Wildman–Crippen MR) is 84.3 cm³/mol. The number of thiophene rings is 1. The van der Waals surface area contributed by atoms with Crippen molar-refractivity contribution in [1.29, 1.82) is 0 Å². The topological polar surface area (TPSA) is 45.1 Å². The maximum Gasteiger partial charge on any atom is 0.1000 e. The lowest BCUT2D eigenvalue weighted by Gasteiger charge is -2.23. The molecule has 1 saturated carbocycles. The Morgan fingerprint density at radius 1 is 1.50 bits per heavy atom. The van der Waals surface area contributed by atoms with Crippen molar-refractivity contribution in [2.75, 3.05) is 6.54 Å². The van der Waals surface area contributed by atoms with Gasteiger partial charge in [0.25, 0.3) is 0 Å². The molecule has 1 atom stereocenters. The molecule has 2 aromatic heterocycles. The zero-order valence-electron chi connectivity index (χ0n) is 11.6. The molecular weight excluding hydrogens is 288 g/mol. The Hall–Kier alpha value is -0.750. The molecule has 2 N–H and O–H groups in total. The molecule has 2 aromatic rings. The summed E-state index contributed by atoms with van der Waals surface area (Å²) < 4.78 is 0. The van der Waals surface area contributed by atoms with Crippen molar-refractivity contribution in [2.45, 2.75) is 44.2 Å². The van der Waals surface area contributed by atoms with Gasteiger partial charge in [-0.2, -0.15) is 11.3 Å². The van der Waals surface area contributed by atoms with E-state index in [0.29, 0.717) is 12.5 Å². The highest BCUT2D eigenvalue weighted by atomic mass is 32.1. The highest BCUT2D eigenvalue weighted by Gasteiger charge is 2.24. The van der Waals surface area contributed by atoms with Crippen LogP contribution in [0.15, 0.2) is 23.0 Å². The van der Waals surface area contributed by atoms with Crippen LogP contribution in [0.2, 0.25) is 0 Å². The number of aromatic nitrogens is 1. The normalized spacial score (nSPS) is 18.7. The van der Waals surface area contributed by atoms with Crippen molar-refractivity contribution >= 4 is 22.7 Å². The van der Waals surface area contributed by atoms with Crippen LogP contribution in [0, 0.1) is 0 Å². The third-order valence-electron chi connectivity index (χ3n) is 3.94. The minimum Gasteiger partial charge on any atom is -0.384 e. The summed E-state index contributed by atoms with van der Waals surface area (Å²) in [5, 5.41) is 19.1. The van der Waals surface area contributed by atoms with Gasteiger partial charge in [-0.15, -0.1) is 11.3 Å². The number of aliphatic hydroxyl groups is 1. The Morgan fingerprint density at radius 2 is 2.35 bits per heavy atom. The zero-order chi connectivity index (χ0) is 14.0. The van der Waals surface area contributed by atoms with Gasteiger partial charge in [-0.3, -0.25) is 0 Å². The van der Waals surface area contributed by atoms with Crippen molar-refractivity contribution in [3.8, 4) is 0 Å². The molecule has 0 amide bonds. The van der Waals surface area contributed by atoms with Crippen LogP contribution in [-0.2, 0) is 12.1 Å². The van der Waals surface area contributed by atoms with E-state index >= 15 is 0 Å². The molecular formula is C15H20N2OS2. The van der Waals surface area contributed by atoms with Crippen LogP contribution in [0.1, 0.15) is 47.6 Å². The maximum absolute atomic E-state index is 10.4. The van der Waals surface area contributed by atoms with E-state index in [-0.39, 0.29) is 0 Å². The van der Waals surface area contributed by atoms with Crippen LogP contribution >= 0.6 is 22.7 Å². The first-order valence-electron chi connectivity index (χ1n) is 7.05.